The van der Waals surface area contributed by atoms with Gasteiger partial charge in [0.05, 0.1) is 5.56 Å². The maximum absolute atomic E-state index is 13.5. The number of ether oxygens (including phenoxy) is 2. The van der Waals surface area contributed by atoms with Crippen molar-refractivity contribution < 1.29 is 23.8 Å². The summed E-state index contributed by atoms with van der Waals surface area (Å²) in [6.45, 7) is 2.34. The van der Waals surface area contributed by atoms with Gasteiger partial charge in [-0.2, -0.15) is 0 Å². The van der Waals surface area contributed by atoms with Crippen LogP contribution in [-0.4, -0.2) is 11.1 Å². The number of benzene rings is 4. The molecule has 4 nitrogen and oxygen atoms in total. The number of carbonyl (C=O) groups is 1. The van der Waals surface area contributed by atoms with Crippen molar-refractivity contribution in [1.29, 1.82) is 0 Å². The Morgan fingerprint density at radius 2 is 1.75 bits per heavy atom. The summed E-state index contributed by atoms with van der Waals surface area (Å²) in [4.78, 5) is 11.7. The zero-order valence-electron chi connectivity index (χ0n) is 20.0. The second kappa shape index (κ2) is 10.2. The fourth-order valence-corrected chi connectivity index (χ4v) is 4.78. The van der Waals surface area contributed by atoms with Gasteiger partial charge in [-0.1, -0.05) is 48.5 Å². The second-order valence-corrected chi connectivity index (χ2v) is 9.18. The van der Waals surface area contributed by atoms with Crippen molar-refractivity contribution in [2.45, 2.75) is 38.9 Å². The number of carboxylic acids is 1. The largest absolute Gasteiger partial charge is 0.489 e. The number of aryl methyl sites for hydroxylation is 1. The first kappa shape index (κ1) is 23.6. The molecule has 5 heteroatoms. The van der Waals surface area contributed by atoms with Crippen LogP contribution in [0.4, 0.5) is 4.39 Å². The van der Waals surface area contributed by atoms with Gasteiger partial charge in [0.2, 0.25) is 0 Å². The number of carboxylic acid groups (broad SMARTS) is 1. The van der Waals surface area contributed by atoms with Crippen LogP contribution < -0.4 is 9.47 Å². The van der Waals surface area contributed by atoms with E-state index in [4.69, 9.17) is 9.47 Å². The lowest BCUT2D eigenvalue weighted by Gasteiger charge is -2.18. The van der Waals surface area contributed by atoms with Crippen molar-refractivity contribution in [2.24, 2.45) is 0 Å². The Bertz CT molecular complexity index is 1380. The Balaban J connectivity index is 1.42. The fraction of sp³-hybridized carbons (Fsp3) is 0.194. The van der Waals surface area contributed by atoms with E-state index < -0.39 is 5.97 Å². The standard InChI is InChI=1S/C31H27FO4/c1-20-15-27-26(28(16-20)31(33)34)12-14-30(27)36-25-11-13-29(35-19-22-5-3-2-4-6-22)23(18-25)17-21-7-9-24(32)10-8-21/h2-11,13,15-16,18,30H,12,14,17,19H2,1H3,(H,33,34). The van der Waals surface area contributed by atoms with Crippen LogP contribution in [0, 0.1) is 12.7 Å². The van der Waals surface area contributed by atoms with Crippen molar-refractivity contribution in [1.82, 2.24) is 0 Å². The lowest BCUT2D eigenvalue weighted by atomic mass is 9.99. The molecule has 1 unspecified atom stereocenters. The lowest BCUT2D eigenvalue weighted by molar-refractivity contribution is 0.0695. The first-order valence-electron chi connectivity index (χ1n) is 12.0. The molecule has 1 aliphatic rings. The highest BCUT2D eigenvalue weighted by atomic mass is 19.1. The van der Waals surface area contributed by atoms with Crippen LogP contribution in [0.25, 0.3) is 0 Å². The third-order valence-corrected chi connectivity index (χ3v) is 6.52. The molecule has 0 fully saturated rings. The number of rotatable bonds is 8. The van der Waals surface area contributed by atoms with Crippen LogP contribution in [0.2, 0.25) is 0 Å². The molecule has 0 saturated heterocycles. The molecule has 1 atom stereocenters. The molecule has 36 heavy (non-hydrogen) atoms. The zero-order valence-corrected chi connectivity index (χ0v) is 20.0. The summed E-state index contributed by atoms with van der Waals surface area (Å²) in [6.07, 6.45) is 1.74. The molecule has 0 spiro atoms. The Morgan fingerprint density at radius 1 is 0.972 bits per heavy atom. The van der Waals surface area contributed by atoms with Crippen LogP contribution in [-0.2, 0) is 19.4 Å². The monoisotopic (exact) mass is 482 g/mol. The topological polar surface area (TPSA) is 55.8 Å². The first-order valence-corrected chi connectivity index (χ1v) is 12.0. The predicted octanol–water partition coefficient (Wildman–Crippen LogP) is 7.07. The van der Waals surface area contributed by atoms with E-state index in [2.05, 4.69) is 0 Å². The summed E-state index contributed by atoms with van der Waals surface area (Å²) in [6, 6.07) is 25.9. The van der Waals surface area contributed by atoms with Gasteiger partial charge in [0.1, 0.15) is 30.0 Å². The highest BCUT2D eigenvalue weighted by Gasteiger charge is 2.29. The van der Waals surface area contributed by atoms with Crippen LogP contribution in [0.15, 0.2) is 84.9 Å². The third kappa shape index (κ3) is 5.25. The molecule has 1 aliphatic carbocycles. The average molecular weight is 483 g/mol. The minimum absolute atomic E-state index is 0.215. The number of aromatic carboxylic acids is 1. The minimum Gasteiger partial charge on any atom is -0.489 e. The molecule has 0 heterocycles. The van der Waals surface area contributed by atoms with E-state index in [1.165, 1.54) is 12.1 Å². The fourth-order valence-electron chi connectivity index (χ4n) is 4.78. The van der Waals surface area contributed by atoms with Crippen molar-refractivity contribution >= 4 is 5.97 Å². The highest BCUT2D eigenvalue weighted by Crippen LogP contribution is 2.39. The summed E-state index contributed by atoms with van der Waals surface area (Å²) < 4.78 is 26.0. The van der Waals surface area contributed by atoms with E-state index in [1.807, 2.05) is 61.5 Å². The molecule has 0 radical (unpaired) electrons. The van der Waals surface area contributed by atoms with Crippen LogP contribution in [0.5, 0.6) is 11.5 Å². The van der Waals surface area contributed by atoms with Gasteiger partial charge in [-0.05, 0) is 84.0 Å². The number of hydrogen-bond acceptors (Lipinski definition) is 3. The van der Waals surface area contributed by atoms with E-state index in [-0.39, 0.29) is 11.9 Å². The number of halogens is 1. The van der Waals surface area contributed by atoms with Crippen LogP contribution in [0.1, 0.15) is 56.3 Å². The maximum Gasteiger partial charge on any atom is 0.335 e. The quantitative estimate of drug-likeness (QED) is 0.292. The Morgan fingerprint density at radius 3 is 2.50 bits per heavy atom. The van der Waals surface area contributed by atoms with Gasteiger partial charge < -0.3 is 14.6 Å². The average Bonchev–Trinajstić information content (AvgIpc) is 3.27. The van der Waals surface area contributed by atoms with Gasteiger partial charge in [-0.15, -0.1) is 0 Å². The lowest BCUT2D eigenvalue weighted by Crippen LogP contribution is -2.07. The van der Waals surface area contributed by atoms with E-state index in [0.717, 1.165) is 45.6 Å². The Kier molecular flexibility index (Phi) is 6.72. The van der Waals surface area contributed by atoms with Gasteiger partial charge in [-0.25, -0.2) is 9.18 Å². The zero-order chi connectivity index (χ0) is 25.1. The minimum atomic E-state index is -0.905. The third-order valence-electron chi connectivity index (χ3n) is 6.52. The molecule has 0 amide bonds. The van der Waals surface area contributed by atoms with E-state index in [0.29, 0.717) is 30.8 Å². The number of hydrogen-bond donors (Lipinski definition) is 1. The van der Waals surface area contributed by atoms with Gasteiger partial charge in [0.25, 0.3) is 0 Å². The molecule has 5 rings (SSSR count). The Labute approximate surface area is 209 Å². The molecular weight excluding hydrogens is 455 g/mol. The number of fused-ring (bicyclic) bond motifs is 1. The SMILES string of the molecule is Cc1cc(C(=O)O)c2c(c1)C(Oc1ccc(OCc3ccccc3)c(Cc3ccc(F)cc3)c1)CC2. The predicted molar refractivity (Wildman–Crippen MR) is 136 cm³/mol. The summed E-state index contributed by atoms with van der Waals surface area (Å²) in [7, 11) is 0. The van der Waals surface area contributed by atoms with Crippen molar-refractivity contribution in [3.63, 3.8) is 0 Å². The molecule has 1 N–H and O–H groups in total. The van der Waals surface area contributed by atoms with Gasteiger partial charge in [-0.3, -0.25) is 0 Å². The molecule has 0 aromatic heterocycles. The van der Waals surface area contributed by atoms with Crippen molar-refractivity contribution in [3.05, 3.63) is 130 Å². The van der Waals surface area contributed by atoms with E-state index >= 15 is 0 Å². The van der Waals surface area contributed by atoms with Crippen molar-refractivity contribution in [3.8, 4) is 11.5 Å². The normalized spacial score (nSPS) is 14.3. The highest BCUT2D eigenvalue weighted by molar-refractivity contribution is 5.90. The van der Waals surface area contributed by atoms with Crippen LogP contribution >= 0.6 is 0 Å². The molecule has 4 aromatic rings. The molecule has 0 bridgehead atoms. The molecule has 0 saturated carbocycles. The summed E-state index contributed by atoms with van der Waals surface area (Å²) in [5.41, 5.74) is 6.03. The van der Waals surface area contributed by atoms with E-state index in [1.54, 1.807) is 18.2 Å². The second-order valence-electron chi connectivity index (χ2n) is 9.18. The Hall–Kier alpha value is -4.12. The van der Waals surface area contributed by atoms with Crippen molar-refractivity contribution in [2.75, 3.05) is 0 Å². The first-order chi connectivity index (χ1) is 17.5. The maximum atomic E-state index is 13.5. The molecule has 4 aromatic carbocycles. The van der Waals surface area contributed by atoms with Gasteiger partial charge in [0, 0.05) is 12.0 Å². The smallest absolute Gasteiger partial charge is 0.335 e. The molecule has 0 aliphatic heterocycles. The van der Waals surface area contributed by atoms with E-state index in [9.17, 15) is 14.3 Å². The van der Waals surface area contributed by atoms with Crippen LogP contribution in [0.3, 0.4) is 0 Å². The summed E-state index contributed by atoms with van der Waals surface area (Å²) >= 11 is 0. The summed E-state index contributed by atoms with van der Waals surface area (Å²) in [5.74, 6) is 0.256. The van der Waals surface area contributed by atoms with Gasteiger partial charge in [0.15, 0.2) is 0 Å². The van der Waals surface area contributed by atoms with Gasteiger partial charge >= 0.3 is 5.97 Å². The molecular formula is C31H27FO4. The summed E-state index contributed by atoms with van der Waals surface area (Å²) in [5, 5.41) is 9.63. The molecule has 182 valence electrons.